The highest BCUT2D eigenvalue weighted by atomic mass is 79.9. The van der Waals surface area contributed by atoms with E-state index < -0.39 is 9.96 Å². The van der Waals surface area contributed by atoms with Gasteiger partial charge in [0.05, 0.1) is 13.2 Å². The third-order valence-electron chi connectivity index (χ3n) is 3.27. The fourth-order valence-corrected chi connectivity index (χ4v) is 2.84. The van der Waals surface area contributed by atoms with Crippen LogP contribution in [0.15, 0.2) is 28.7 Å². The van der Waals surface area contributed by atoms with Gasteiger partial charge in [-0.25, -0.2) is 4.79 Å². The van der Waals surface area contributed by atoms with Crippen molar-refractivity contribution in [3.63, 3.8) is 0 Å². The zero-order valence-corrected chi connectivity index (χ0v) is 17.6. The van der Waals surface area contributed by atoms with Gasteiger partial charge in [0.2, 0.25) is 3.79 Å². The van der Waals surface area contributed by atoms with Crippen molar-refractivity contribution in [1.29, 1.82) is 0 Å². The molecule has 1 fully saturated rings. The molecule has 11 heteroatoms. The van der Waals surface area contributed by atoms with Gasteiger partial charge in [0.15, 0.2) is 11.3 Å². The van der Waals surface area contributed by atoms with Gasteiger partial charge in [-0.1, -0.05) is 50.7 Å². The van der Waals surface area contributed by atoms with Crippen LogP contribution in [-0.4, -0.2) is 52.3 Å². The van der Waals surface area contributed by atoms with Crippen molar-refractivity contribution >= 4 is 79.8 Å². The number of ether oxygens (including phenoxy) is 1. The highest BCUT2D eigenvalue weighted by molar-refractivity contribution is 9.10. The van der Waals surface area contributed by atoms with Crippen molar-refractivity contribution in [1.82, 2.24) is 15.5 Å². The molecule has 1 aromatic rings. The standard InChI is InChI=1S/C14H16BrCl3N4O2S/c15-9-1-3-10(4-2-9)19-12(25)20-11(14(16,17)18)21-13(23)22-5-7-24-8-6-22/h1-4,11H,5-8H2,(H,21,23)(H2,19,20,25). The molecule has 1 aliphatic rings. The molecular weight excluding hydrogens is 475 g/mol. The average Bonchev–Trinajstić information content (AvgIpc) is 2.56. The summed E-state index contributed by atoms with van der Waals surface area (Å²) in [6.45, 7) is 1.89. The lowest BCUT2D eigenvalue weighted by Crippen LogP contribution is -2.59. The fraction of sp³-hybridized carbons (Fsp3) is 0.429. The molecule has 1 atom stereocenters. The first-order valence-corrected chi connectivity index (χ1v) is 9.62. The minimum atomic E-state index is -1.80. The summed E-state index contributed by atoms with van der Waals surface area (Å²) in [6.07, 6.45) is -1.01. The highest BCUT2D eigenvalue weighted by Crippen LogP contribution is 2.29. The van der Waals surface area contributed by atoms with Crippen LogP contribution in [0.4, 0.5) is 10.5 Å². The molecule has 0 bridgehead atoms. The maximum absolute atomic E-state index is 12.3. The largest absolute Gasteiger partial charge is 0.378 e. The Bertz CT molecular complexity index is 609. The number of thiocarbonyl (C=S) groups is 1. The number of carbonyl (C=O) groups is 1. The molecule has 1 unspecified atom stereocenters. The molecule has 0 aromatic heterocycles. The van der Waals surface area contributed by atoms with Crippen LogP contribution >= 0.6 is 63.0 Å². The minimum Gasteiger partial charge on any atom is -0.378 e. The molecule has 0 aliphatic carbocycles. The summed E-state index contributed by atoms with van der Waals surface area (Å²) in [7, 11) is 0. The van der Waals surface area contributed by atoms with Crippen molar-refractivity contribution in [2.75, 3.05) is 31.6 Å². The maximum Gasteiger partial charge on any atom is 0.319 e. The summed E-state index contributed by atoms with van der Waals surface area (Å²) in [5.74, 6) is 0. The van der Waals surface area contributed by atoms with E-state index in [9.17, 15) is 4.79 Å². The lowest BCUT2D eigenvalue weighted by atomic mass is 10.3. The van der Waals surface area contributed by atoms with E-state index in [0.717, 1.165) is 10.2 Å². The number of anilines is 1. The lowest BCUT2D eigenvalue weighted by Gasteiger charge is -2.32. The first-order chi connectivity index (χ1) is 11.8. The molecule has 1 saturated heterocycles. The van der Waals surface area contributed by atoms with Crippen molar-refractivity contribution in [2.45, 2.75) is 9.96 Å². The van der Waals surface area contributed by atoms with E-state index in [4.69, 9.17) is 51.8 Å². The number of amides is 2. The number of nitrogens with one attached hydrogen (secondary N) is 3. The van der Waals surface area contributed by atoms with Gasteiger partial charge in [0.25, 0.3) is 0 Å². The molecule has 25 heavy (non-hydrogen) atoms. The maximum atomic E-state index is 12.3. The molecule has 1 aromatic carbocycles. The van der Waals surface area contributed by atoms with Gasteiger partial charge in [-0.2, -0.15) is 0 Å². The summed E-state index contributed by atoms with van der Waals surface area (Å²) in [5.41, 5.74) is 0.753. The van der Waals surface area contributed by atoms with Gasteiger partial charge in [-0.3, -0.25) is 0 Å². The summed E-state index contributed by atoms with van der Waals surface area (Å²) in [5, 5.41) is 8.63. The topological polar surface area (TPSA) is 65.6 Å². The first kappa shape index (κ1) is 20.8. The third kappa shape index (κ3) is 6.96. The normalized spacial score (nSPS) is 16.1. The smallest absolute Gasteiger partial charge is 0.319 e. The molecule has 2 amide bonds. The van der Waals surface area contributed by atoms with Crippen molar-refractivity contribution < 1.29 is 9.53 Å². The lowest BCUT2D eigenvalue weighted by molar-refractivity contribution is 0.0524. The Morgan fingerprint density at radius 3 is 2.36 bits per heavy atom. The molecule has 0 radical (unpaired) electrons. The number of urea groups is 1. The quantitative estimate of drug-likeness (QED) is 0.344. The summed E-state index contributed by atoms with van der Waals surface area (Å²) in [6, 6.07) is 7.01. The van der Waals surface area contributed by atoms with E-state index >= 15 is 0 Å². The monoisotopic (exact) mass is 488 g/mol. The Morgan fingerprint density at radius 1 is 1.20 bits per heavy atom. The zero-order valence-electron chi connectivity index (χ0n) is 12.9. The molecule has 1 aliphatic heterocycles. The van der Waals surface area contributed by atoms with Gasteiger partial charge in [0.1, 0.15) is 0 Å². The van der Waals surface area contributed by atoms with Crippen LogP contribution in [0.3, 0.4) is 0 Å². The van der Waals surface area contributed by atoms with Gasteiger partial charge >= 0.3 is 6.03 Å². The number of hydrogen-bond donors (Lipinski definition) is 3. The number of alkyl halides is 3. The number of nitrogens with zero attached hydrogens (tertiary/aromatic N) is 1. The molecule has 1 heterocycles. The second-order valence-electron chi connectivity index (χ2n) is 5.13. The van der Waals surface area contributed by atoms with Gasteiger partial charge in [-0.05, 0) is 36.5 Å². The molecule has 2 rings (SSSR count). The SMILES string of the molecule is O=C(NC(NC(=S)Nc1ccc(Br)cc1)C(Cl)(Cl)Cl)N1CCOCC1. The molecule has 6 nitrogen and oxygen atoms in total. The predicted octanol–water partition coefficient (Wildman–Crippen LogP) is 3.47. The number of morpholine rings is 1. The van der Waals surface area contributed by atoms with E-state index in [0.29, 0.717) is 26.3 Å². The number of halogens is 4. The van der Waals surface area contributed by atoms with Crippen LogP contribution in [-0.2, 0) is 4.74 Å². The van der Waals surface area contributed by atoms with E-state index in [-0.39, 0.29) is 11.1 Å². The Labute approximate surface area is 174 Å². The van der Waals surface area contributed by atoms with Crippen LogP contribution in [0, 0.1) is 0 Å². The van der Waals surface area contributed by atoms with Crippen LogP contribution in [0.1, 0.15) is 0 Å². The van der Waals surface area contributed by atoms with Crippen LogP contribution in [0.25, 0.3) is 0 Å². The van der Waals surface area contributed by atoms with Gasteiger partial charge in [0, 0.05) is 23.2 Å². The minimum absolute atomic E-state index is 0.209. The Balaban J connectivity index is 1.95. The van der Waals surface area contributed by atoms with Crippen molar-refractivity contribution in [2.24, 2.45) is 0 Å². The van der Waals surface area contributed by atoms with Crippen molar-refractivity contribution in [3.05, 3.63) is 28.7 Å². The predicted molar refractivity (Wildman–Crippen MR) is 109 cm³/mol. The second kappa shape index (κ2) is 9.43. The summed E-state index contributed by atoms with van der Waals surface area (Å²) >= 11 is 26.5. The summed E-state index contributed by atoms with van der Waals surface area (Å²) < 4.78 is 4.35. The number of carbonyl (C=O) groups excluding carboxylic acids is 1. The first-order valence-electron chi connectivity index (χ1n) is 7.28. The second-order valence-corrected chi connectivity index (χ2v) is 8.82. The van der Waals surface area contributed by atoms with Crippen LogP contribution < -0.4 is 16.0 Å². The molecule has 0 saturated carbocycles. The van der Waals surface area contributed by atoms with E-state index in [1.807, 2.05) is 24.3 Å². The molecule has 138 valence electrons. The number of rotatable bonds is 3. The molecule has 0 spiro atoms. The van der Waals surface area contributed by atoms with Gasteiger partial charge in [-0.15, -0.1) is 0 Å². The Kier molecular flexibility index (Phi) is 7.85. The van der Waals surface area contributed by atoms with E-state index in [1.54, 1.807) is 4.90 Å². The van der Waals surface area contributed by atoms with Crippen LogP contribution in [0.2, 0.25) is 0 Å². The fourth-order valence-electron chi connectivity index (χ4n) is 2.01. The van der Waals surface area contributed by atoms with Crippen LogP contribution in [0.5, 0.6) is 0 Å². The summed E-state index contributed by atoms with van der Waals surface area (Å²) in [4.78, 5) is 13.9. The van der Waals surface area contributed by atoms with Gasteiger partial charge < -0.3 is 25.6 Å². The average molecular weight is 491 g/mol. The Morgan fingerprint density at radius 2 is 1.80 bits per heavy atom. The molecular formula is C14H16BrCl3N4O2S. The number of benzene rings is 1. The van der Waals surface area contributed by atoms with E-state index in [2.05, 4.69) is 31.9 Å². The number of hydrogen-bond acceptors (Lipinski definition) is 3. The third-order valence-corrected chi connectivity index (χ3v) is 4.67. The Hall–Kier alpha value is -0.510. The highest BCUT2D eigenvalue weighted by Gasteiger charge is 2.35. The molecule has 3 N–H and O–H groups in total. The van der Waals surface area contributed by atoms with E-state index in [1.165, 1.54) is 0 Å². The zero-order chi connectivity index (χ0) is 18.4. The van der Waals surface area contributed by atoms with Crippen molar-refractivity contribution in [3.8, 4) is 0 Å².